The molecular formula is C24H33N3O2. The summed E-state index contributed by atoms with van der Waals surface area (Å²) < 4.78 is 5.69. The van der Waals surface area contributed by atoms with Gasteiger partial charge in [-0.05, 0) is 68.8 Å². The smallest absolute Gasteiger partial charge is 0.323 e. The van der Waals surface area contributed by atoms with Crippen LogP contribution in [0.25, 0.3) is 10.9 Å². The van der Waals surface area contributed by atoms with Crippen molar-refractivity contribution in [2.24, 2.45) is 5.92 Å². The molecule has 2 fully saturated rings. The second kappa shape index (κ2) is 8.11. The van der Waals surface area contributed by atoms with E-state index in [1.54, 1.807) is 0 Å². The molecule has 2 aromatic rings. The number of carbonyl (C=O) groups excluding carboxylic acids is 1. The molecule has 5 heteroatoms. The Bertz CT molecular complexity index is 868. The van der Waals surface area contributed by atoms with Crippen LogP contribution < -0.4 is 5.32 Å². The largest absolute Gasteiger partial charge is 0.465 e. The van der Waals surface area contributed by atoms with Crippen LogP contribution in [0.3, 0.4) is 0 Å². The van der Waals surface area contributed by atoms with Gasteiger partial charge in [0, 0.05) is 35.6 Å². The number of likely N-dealkylation sites (tertiary alicyclic amines) is 1. The Morgan fingerprint density at radius 3 is 3.14 bits per heavy atom. The normalized spacial score (nSPS) is 30.0. The first kappa shape index (κ1) is 19.1. The van der Waals surface area contributed by atoms with Gasteiger partial charge in [-0.15, -0.1) is 0 Å². The lowest BCUT2D eigenvalue weighted by molar-refractivity contribution is -0.146. The SMILES string of the molecule is CN1C[C@H](CCOC(=O)C2CCCCCN2)CC2c3cccc4[nH]cc(c34)C[C@H]21. The number of hydrogen-bond donors (Lipinski definition) is 2. The third-order valence-corrected chi connectivity index (χ3v) is 7.43. The Morgan fingerprint density at radius 2 is 2.21 bits per heavy atom. The van der Waals surface area contributed by atoms with Crippen molar-refractivity contribution >= 4 is 16.9 Å². The molecule has 0 spiro atoms. The minimum atomic E-state index is -0.0983. The van der Waals surface area contributed by atoms with Crippen molar-refractivity contribution in [2.75, 3.05) is 26.7 Å². The highest BCUT2D eigenvalue weighted by molar-refractivity contribution is 5.88. The highest BCUT2D eigenvalue weighted by Crippen LogP contribution is 2.44. The van der Waals surface area contributed by atoms with Crippen LogP contribution >= 0.6 is 0 Å². The van der Waals surface area contributed by atoms with Crippen molar-refractivity contribution in [3.8, 4) is 0 Å². The summed E-state index contributed by atoms with van der Waals surface area (Å²) in [6, 6.07) is 7.18. The molecule has 2 N–H and O–H groups in total. The van der Waals surface area contributed by atoms with E-state index in [0.29, 0.717) is 24.5 Å². The molecule has 5 nitrogen and oxygen atoms in total. The van der Waals surface area contributed by atoms with Crippen molar-refractivity contribution < 1.29 is 9.53 Å². The number of nitrogens with zero attached hydrogens (tertiary/aromatic N) is 1. The number of likely N-dealkylation sites (N-methyl/N-ethyl adjacent to an activating group) is 1. The first-order valence-electron chi connectivity index (χ1n) is 11.4. The predicted molar refractivity (Wildman–Crippen MR) is 115 cm³/mol. The second-order valence-electron chi connectivity index (χ2n) is 9.32. The number of fused-ring (bicyclic) bond motifs is 2. The quantitative estimate of drug-likeness (QED) is 0.777. The second-order valence-corrected chi connectivity index (χ2v) is 9.32. The van der Waals surface area contributed by atoms with Gasteiger partial charge in [0.25, 0.3) is 0 Å². The van der Waals surface area contributed by atoms with Crippen LogP contribution in [0, 0.1) is 5.92 Å². The van der Waals surface area contributed by atoms with E-state index in [1.165, 1.54) is 34.9 Å². The summed E-state index contributed by atoms with van der Waals surface area (Å²) in [7, 11) is 2.27. The molecule has 29 heavy (non-hydrogen) atoms. The molecule has 1 aliphatic carbocycles. The molecule has 2 unspecified atom stereocenters. The van der Waals surface area contributed by atoms with Crippen LogP contribution in [0.5, 0.6) is 0 Å². The monoisotopic (exact) mass is 395 g/mol. The number of carbonyl (C=O) groups is 1. The van der Waals surface area contributed by atoms with Gasteiger partial charge in [-0.3, -0.25) is 4.79 Å². The van der Waals surface area contributed by atoms with E-state index in [2.05, 4.69) is 46.6 Å². The van der Waals surface area contributed by atoms with Crippen LogP contribution in [0.4, 0.5) is 0 Å². The molecule has 3 aliphatic rings. The third-order valence-electron chi connectivity index (χ3n) is 7.43. The van der Waals surface area contributed by atoms with Crippen molar-refractivity contribution in [1.29, 1.82) is 0 Å². The Hall–Kier alpha value is -1.85. The minimum absolute atomic E-state index is 0.0478. The zero-order valence-corrected chi connectivity index (χ0v) is 17.5. The van der Waals surface area contributed by atoms with Crippen molar-refractivity contribution in [3.63, 3.8) is 0 Å². The lowest BCUT2D eigenvalue weighted by atomic mass is 9.72. The molecule has 0 radical (unpaired) electrons. The fourth-order valence-electron chi connectivity index (χ4n) is 5.92. The Kier molecular flexibility index (Phi) is 5.35. The number of ether oxygens (including phenoxy) is 1. The maximum absolute atomic E-state index is 12.4. The molecule has 4 atom stereocenters. The molecule has 1 aromatic heterocycles. The summed E-state index contributed by atoms with van der Waals surface area (Å²) in [6.45, 7) is 2.57. The zero-order chi connectivity index (χ0) is 19.8. The third kappa shape index (κ3) is 3.71. The topological polar surface area (TPSA) is 57.4 Å². The average Bonchev–Trinajstić information content (AvgIpc) is 2.96. The van der Waals surface area contributed by atoms with E-state index in [-0.39, 0.29) is 12.0 Å². The zero-order valence-electron chi connectivity index (χ0n) is 17.5. The van der Waals surface area contributed by atoms with Crippen molar-refractivity contribution in [1.82, 2.24) is 15.2 Å². The number of esters is 1. The van der Waals surface area contributed by atoms with E-state index in [9.17, 15) is 4.79 Å². The van der Waals surface area contributed by atoms with Gasteiger partial charge in [-0.2, -0.15) is 0 Å². The summed E-state index contributed by atoms with van der Waals surface area (Å²) >= 11 is 0. The van der Waals surface area contributed by atoms with E-state index >= 15 is 0 Å². The molecule has 1 aromatic carbocycles. The van der Waals surface area contributed by atoms with Gasteiger partial charge < -0.3 is 19.9 Å². The maximum atomic E-state index is 12.4. The number of H-pyrrole nitrogens is 1. The number of hydrogen-bond acceptors (Lipinski definition) is 4. The van der Waals surface area contributed by atoms with E-state index < -0.39 is 0 Å². The number of aromatic nitrogens is 1. The first-order valence-corrected chi connectivity index (χ1v) is 11.4. The molecule has 0 amide bonds. The molecule has 5 rings (SSSR count). The van der Waals surface area contributed by atoms with Gasteiger partial charge in [0.15, 0.2) is 0 Å². The lowest BCUT2D eigenvalue weighted by Gasteiger charge is -2.45. The molecule has 2 aliphatic heterocycles. The van der Waals surface area contributed by atoms with Gasteiger partial charge in [-0.1, -0.05) is 25.0 Å². The molecule has 3 heterocycles. The molecule has 156 valence electrons. The Balaban J connectivity index is 1.22. The van der Waals surface area contributed by atoms with E-state index in [0.717, 1.165) is 45.2 Å². The predicted octanol–water partition coefficient (Wildman–Crippen LogP) is 3.59. The number of aromatic amines is 1. The van der Waals surface area contributed by atoms with Crippen LogP contribution in [-0.2, 0) is 16.0 Å². The average molecular weight is 396 g/mol. The summed E-state index contributed by atoms with van der Waals surface area (Å²) in [4.78, 5) is 18.4. The fourth-order valence-corrected chi connectivity index (χ4v) is 5.92. The van der Waals surface area contributed by atoms with E-state index in [4.69, 9.17) is 4.74 Å². The number of rotatable bonds is 4. The molecule has 0 saturated carbocycles. The standard InChI is InChI=1S/C24H33N3O2/c1-27-15-16(9-11-29-24(28)21-7-3-2-4-10-25-21)12-19-18-6-5-8-20-23(18)17(14-26-20)13-22(19)27/h5-6,8,14,16,19,21-22,25-26H,2-4,7,9-13,15H2,1H3/t16-,19?,21?,22-/m1/s1. The number of piperidine rings is 1. The molecule has 2 saturated heterocycles. The maximum Gasteiger partial charge on any atom is 0.323 e. The van der Waals surface area contributed by atoms with E-state index in [1.807, 2.05) is 0 Å². The van der Waals surface area contributed by atoms with Gasteiger partial charge in [0.2, 0.25) is 0 Å². The minimum Gasteiger partial charge on any atom is -0.465 e. The number of nitrogens with one attached hydrogen (secondary N) is 2. The van der Waals surface area contributed by atoms with Crippen LogP contribution in [-0.4, -0.2) is 54.7 Å². The fraction of sp³-hybridized carbons (Fsp3) is 0.625. The summed E-state index contributed by atoms with van der Waals surface area (Å²) in [5.74, 6) is 1.10. The Labute approximate surface area is 173 Å². The summed E-state index contributed by atoms with van der Waals surface area (Å²) in [5, 5.41) is 4.80. The highest BCUT2D eigenvalue weighted by Gasteiger charge is 2.39. The summed E-state index contributed by atoms with van der Waals surface area (Å²) in [5.41, 5.74) is 4.24. The Morgan fingerprint density at radius 1 is 1.28 bits per heavy atom. The van der Waals surface area contributed by atoms with Crippen molar-refractivity contribution in [3.05, 3.63) is 35.5 Å². The molecule has 0 bridgehead atoms. The van der Waals surface area contributed by atoms with Gasteiger partial charge in [-0.25, -0.2) is 0 Å². The van der Waals surface area contributed by atoms with Crippen molar-refractivity contribution in [2.45, 2.75) is 62.9 Å². The number of benzene rings is 1. The van der Waals surface area contributed by atoms with Gasteiger partial charge >= 0.3 is 5.97 Å². The highest BCUT2D eigenvalue weighted by atomic mass is 16.5. The van der Waals surface area contributed by atoms with Crippen LogP contribution in [0.2, 0.25) is 0 Å². The van der Waals surface area contributed by atoms with Crippen LogP contribution in [0.15, 0.2) is 24.4 Å². The molecular weight excluding hydrogens is 362 g/mol. The van der Waals surface area contributed by atoms with Gasteiger partial charge in [0.1, 0.15) is 6.04 Å². The summed E-state index contributed by atoms with van der Waals surface area (Å²) in [6.07, 6.45) is 9.89. The van der Waals surface area contributed by atoms with Gasteiger partial charge in [0.05, 0.1) is 6.61 Å². The van der Waals surface area contributed by atoms with Crippen LogP contribution in [0.1, 0.15) is 55.6 Å². The first-order chi connectivity index (χ1) is 14.2. The lowest BCUT2D eigenvalue weighted by Crippen LogP contribution is -2.48.